The van der Waals surface area contributed by atoms with Crippen molar-refractivity contribution in [2.75, 3.05) is 7.11 Å². The van der Waals surface area contributed by atoms with Crippen LogP contribution >= 0.6 is 0 Å². The largest absolute Gasteiger partial charge is 0.469 e. The fraction of sp³-hybridized carbons (Fsp3) is 0.846. The summed E-state index contributed by atoms with van der Waals surface area (Å²) < 4.78 is 4.68. The monoisotopic (exact) mass is 224 g/mol. The summed E-state index contributed by atoms with van der Waals surface area (Å²) in [5.74, 6) is 0.717. The van der Waals surface area contributed by atoms with Gasteiger partial charge < -0.3 is 4.74 Å². The minimum Gasteiger partial charge on any atom is -0.469 e. The fourth-order valence-electron chi connectivity index (χ4n) is 3.70. The minimum absolute atomic E-state index is 0.0122. The molecule has 3 heteroatoms. The van der Waals surface area contributed by atoms with Gasteiger partial charge in [0.25, 0.3) is 0 Å². The van der Waals surface area contributed by atoms with Crippen LogP contribution in [-0.2, 0) is 14.3 Å². The second kappa shape index (κ2) is 3.57. The molecule has 0 heterocycles. The molecule has 3 atom stereocenters. The first-order chi connectivity index (χ1) is 7.44. The third kappa shape index (κ3) is 1.33. The molecular weight excluding hydrogens is 204 g/mol. The van der Waals surface area contributed by atoms with Crippen molar-refractivity contribution in [3.8, 4) is 0 Å². The Labute approximate surface area is 96.5 Å². The van der Waals surface area contributed by atoms with Gasteiger partial charge in [0.05, 0.1) is 7.11 Å². The van der Waals surface area contributed by atoms with Crippen LogP contribution in [0.5, 0.6) is 0 Å². The van der Waals surface area contributed by atoms with Gasteiger partial charge in [0, 0.05) is 18.3 Å². The average molecular weight is 224 g/mol. The Balaban J connectivity index is 2.13. The lowest BCUT2D eigenvalue weighted by Crippen LogP contribution is -2.35. The molecule has 0 unspecified atom stereocenters. The maximum atomic E-state index is 12.0. The van der Waals surface area contributed by atoms with E-state index in [-0.39, 0.29) is 16.8 Å². The molecule has 0 spiro atoms. The van der Waals surface area contributed by atoms with Crippen LogP contribution in [-0.4, -0.2) is 18.9 Å². The highest BCUT2D eigenvalue weighted by atomic mass is 16.5. The Morgan fingerprint density at radius 2 is 2.19 bits per heavy atom. The summed E-state index contributed by atoms with van der Waals surface area (Å²) in [4.78, 5) is 23.2. The molecule has 16 heavy (non-hydrogen) atoms. The summed E-state index contributed by atoms with van der Waals surface area (Å²) in [6.45, 7) is 4.26. The van der Waals surface area contributed by atoms with Crippen LogP contribution in [0.15, 0.2) is 0 Å². The lowest BCUT2D eigenvalue weighted by Gasteiger charge is -2.36. The predicted octanol–water partition coefficient (Wildman–Crippen LogP) is 2.33. The number of rotatable bonds is 3. The van der Waals surface area contributed by atoms with Crippen molar-refractivity contribution < 1.29 is 14.3 Å². The third-order valence-corrected chi connectivity index (χ3v) is 5.28. The summed E-state index contributed by atoms with van der Waals surface area (Å²) >= 11 is 0. The van der Waals surface area contributed by atoms with Crippen molar-refractivity contribution in [3.63, 3.8) is 0 Å². The van der Waals surface area contributed by atoms with Crippen molar-refractivity contribution >= 4 is 11.8 Å². The molecular formula is C13H20O3. The first-order valence-corrected chi connectivity index (χ1v) is 6.04. The zero-order chi connectivity index (χ0) is 12.0. The molecule has 2 aliphatic carbocycles. The SMILES string of the molecule is COC(=O)CC[C@@]1(C)[C@@H]2CC[C@@]1(C)C(=O)C2. The summed E-state index contributed by atoms with van der Waals surface area (Å²) in [6.07, 6.45) is 4.07. The molecule has 0 radical (unpaired) electrons. The van der Waals surface area contributed by atoms with E-state index < -0.39 is 0 Å². The smallest absolute Gasteiger partial charge is 0.305 e. The van der Waals surface area contributed by atoms with Crippen LogP contribution in [0, 0.1) is 16.7 Å². The van der Waals surface area contributed by atoms with E-state index in [2.05, 4.69) is 18.6 Å². The van der Waals surface area contributed by atoms with E-state index in [0.717, 1.165) is 19.3 Å². The lowest BCUT2D eigenvalue weighted by atomic mass is 9.66. The third-order valence-electron chi connectivity index (χ3n) is 5.28. The standard InChI is InChI=1S/C13H20O3/c1-12(7-5-11(15)16-3)9-4-6-13(12,2)10(14)8-9/h9H,4-8H2,1-3H3/t9-,12+,13+/m1/s1. The molecule has 2 rings (SSSR count). The van der Waals surface area contributed by atoms with Crippen LogP contribution in [0.4, 0.5) is 0 Å². The topological polar surface area (TPSA) is 43.4 Å². The van der Waals surface area contributed by atoms with Gasteiger partial charge in [-0.3, -0.25) is 9.59 Å². The predicted molar refractivity (Wildman–Crippen MR) is 59.8 cm³/mol. The van der Waals surface area contributed by atoms with Gasteiger partial charge in [-0.25, -0.2) is 0 Å². The quantitative estimate of drug-likeness (QED) is 0.691. The number of hydrogen-bond acceptors (Lipinski definition) is 3. The van der Waals surface area contributed by atoms with E-state index in [4.69, 9.17) is 0 Å². The number of ether oxygens (including phenoxy) is 1. The average Bonchev–Trinajstić information content (AvgIpc) is 2.61. The molecule has 0 aromatic heterocycles. The van der Waals surface area contributed by atoms with Crippen LogP contribution < -0.4 is 0 Å². The van der Waals surface area contributed by atoms with Crippen LogP contribution in [0.2, 0.25) is 0 Å². The van der Waals surface area contributed by atoms with E-state index in [1.807, 2.05) is 0 Å². The summed E-state index contributed by atoms with van der Waals surface area (Å²) in [5, 5.41) is 0. The van der Waals surface area contributed by atoms with Crippen molar-refractivity contribution in [1.82, 2.24) is 0 Å². The fourth-order valence-corrected chi connectivity index (χ4v) is 3.70. The number of fused-ring (bicyclic) bond motifs is 2. The van der Waals surface area contributed by atoms with Crippen molar-refractivity contribution in [1.29, 1.82) is 0 Å². The van der Waals surface area contributed by atoms with Gasteiger partial charge in [0.1, 0.15) is 5.78 Å². The van der Waals surface area contributed by atoms with Crippen molar-refractivity contribution in [3.05, 3.63) is 0 Å². The van der Waals surface area contributed by atoms with Gasteiger partial charge in [-0.1, -0.05) is 13.8 Å². The minimum atomic E-state index is -0.189. The highest BCUT2D eigenvalue weighted by molar-refractivity contribution is 5.89. The van der Waals surface area contributed by atoms with E-state index in [9.17, 15) is 9.59 Å². The van der Waals surface area contributed by atoms with Gasteiger partial charge in [0.15, 0.2) is 0 Å². The zero-order valence-electron chi connectivity index (χ0n) is 10.3. The molecule has 2 bridgehead atoms. The molecule has 2 aliphatic rings. The Morgan fingerprint density at radius 3 is 2.62 bits per heavy atom. The number of carbonyl (C=O) groups is 2. The van der Waals surface area contributed by atoms with Crippen molar-refractivity contribution in [2.45, 2.75) is 46.0 Å². The van der Waals surface area contributed by atoms with E-state index in [1.165, 1.54) is 7.11 Å². The number of hydrogen-bond donors (Lipinski definition) is 0. The number of Topliss-reactive ketones (excluding diaryl/α,β-unsaturated/α-hetero) is 1. The van der Waals surface area contributed by atoms with E-state index >= 15 is 0 Å². The summed E-state index contributed by atoms with van der Waals surface area (Å²) in [5.41, 5.74) is -0.177. The Morgan fingerprint density at radius 1 is 1.50 bits per heavy atom. The normalized spacial score (nSPS) is 41.4. The molecule has 0 amide bonds. The van der Waals surface area contributed by atoms with Crippen LogP contribution in [0.1, 0.15) is 46.0 Å². The molecule has 2 fully saturated rings. The van der Waals surface area contributed by atoms with Crippen LogP contribution in [0.25, 0.3) is 0 Å². The molecule has 0 aliphatic heterocycles. The second-order valence-corrected chi connectivity index (χ2v) is 5.69. The Kier molecular flexibility index (Phi) is 2.59. The molecule has 0 N–H and O–H groups in total. The molecule has 3 nitrogen and oxygen atoms in total. The number of methoxy groups -OCH3 is 1. The summed E-state index contributed by atoms with van der Waals surface area (Å²) in [7, 11) is 1.42. The zero-order valence-corrected chi connectivity index (χ0v) is 10.3. The first-order valence-electron chi connectivity index (χ1n) is 6.04. The molecule has 2 saturated carbocycles. The number of esters is 1. The Hall–Kier alpha value is -0.860. The highest BCUT2D eigenvalue weighted by Gasteiger charge is 2.63. The van der Waals surface area contributed by atoms with Crippen molar-refractivity contribution in [2.24, 2.45) is 16.7 Å². The van der Waals surface area contributed by atoms with Gasteiger partial charge in [-0.2, -0.15) is 0 Å². The highest BCUT2D eigenvalue weighted by Crippen LogP contribution is 2.65. The van der Waals surface area contributed by atoms with Gasteiger partial charge >= 0.3 is 5.97 Å². The molecule has 90 valence electrons. The molecule has 0 aromatic carbocycles. The number of ketones is 1. The maximum absolute atomic E-state index is 12.0. The number of carbonyl (C=O) groups excluding carboxylic acids is 2. The Bertz CT molecular complexity index is 336. The van der Waals surface area contributed by atoms with E-state index in [1.54, 1.807) is 0 Å². The van der Waals surface area contributed by atoms with E-state index in [0.29, 0.717) is 24.5 Å². The maximum Gasteiger partial charge on any atom is 0.305 e. The second-order valence-electron chi connectivity index (χ2n) is 5.69. The molecule has 0 saturated heterocycles. The van der Waals surface area contributed by atoms with Gasteiger partial charge in [-0.05, 0) is 30.6 Å². The van der Waals surface area contributed by atoms with Gasteiger partial charge in [0.2, 0.25) is 0 Å². The first kappa shape index (κ1) is 11.6. The van der Waals surface area contributed by atoms with Crippen LogP contribution in [0.3, 0.4) is 0 Å². The summed E-state index contributed by atoms with van der Waals surface area (Å²) in [6, 6.07) is 0. The molecule has 0 aromatic rings. The van der Waals surface area contributed by atoms with Gasteiger partial charge in [-0.15, -0.1) is 0 Å². The lowest BCUT2D eigenvalue weighted by molar-refractivity contribution is -0.142.